The van der Waals surface area contributed by atoms with Crippen LogP contribution in [0.2, 0.25) is 0 Å². The third-order valence-corrected chi connectivity index (χ3v) is 1.71. The molecule has 0 aliphatic carbocycles. The van der Waals surface area contributed by atoms with Crippen LogP contribution in [0.3, 0.4) is 0 Å². The van der Waals surface area contributed by atoms with E-state index < -0.39 is 0 Å². The maximum atomic E-state index is 10.8. The van der Waals surface area contributed by atoms with Gasteiger partial charge in [0.2, 0.25) is 5.91 Å². The monoisotopic (exact) mass is 212 g/mol. The summed E-state index contributed by atoms with van der Waals surface area (Å²) in [5, 5.41) is 11.0. The van der Waals surface area contributed by atoms with Crippen LogP contribution in [0.4, 0.5) is 0 Å². The quantitative estimate of drug-likeness (QED) is 0.418. The minimum absolute atomic E-state index is 0.134. The van der Waals surface area contributed by atoms with E-state index >= 15 is 0 Å². The lowest BCUT2D eigenvalue weighted by atomic mass is 10.4. The van der Waals surface area contributed by atoms with Gasteiger partial charge in [-0.05, 0) is 24.7 Å². The molecule has 0 aromatic carbocycles. The maximum absolute atomic E-state index is 10.8. The van der Waals surface area contributed by atoms with Gasteiger partial charge in [-0.25, -0.2) is 0 Å². The molecule has 0 radical (unpaired) electrons. The Kier molecular flexibility index (Phi) is 6.33. The number of carbonyl (C=O) groups excluding carboxylic acids is 1. The fourth-order valence-corrected chi connectivity index (χ4v) is 0.675. The van der Waals surface area contributed by atoms with Crippen molar-refractivity contribution in [2.45, 2.75) is 13.3 Å². The van der Waals surface area contributed by atoms with Gasteiger partial charge in [0.1, 0.15) is 13.0 Å². The molecule has 0 spiro atoms. The van der Waals surface area contributed by atoms with Gasteiger partial charge in [0.05, 0.1) is 12.6 Å². The summed E-state index contributed by atoms with van der Waals surface area (Å²) in [6.07, 6.45) is -0.134. The number of nitrogens with one attached hydrogen (secondary N) is 1. The lowest BCUT2D eigenvalue weighted by molar-refractivity contribution is -0.120. The van der Waals surface area contributed by atoms with E-state index in [2.05, 4.69) is 11.9 Å². The SMILES string of the molecule is C=C(C)C(=S)OCCNC(=O)CC#N. The average Bonchev–Trinajstić information content (AvgIpc) is 2.12. The van der Waals surface area contributed by atoms with Gasteiger partial charge in [0.25, 0.3) is 0 Å². The van der Waals surface area contributed by atoms with Crippen LogP contribution >= 0.6 is 12.2 Å². The molecule has 0 bridgehead atoms. The first kappa shape index (κ1) is 12.6. The van der Waals surface area contributed by atoms with E-state index in [4.69, 9.17) is 22.2 Å². The van der Waals surface area contributed by atoms with Gasteiger partial charge in [-0.3, -0.25) is 4.79 Å². The topological polar surface area (TPSA) is 62.1 Å². The van der Waals surface area contributed by atoms with Crippen LogP contribution in [0.5, 0.6) is 0 Å². The Morgan fingerprint density at radius 3 is 2.86 bits per heavy atom. The van der Waals surface area contributed by atoms with E-state index in [0.717, 1.165) is 0 Å². The van der Waals surface area contributed by atoms with Crippen molar-refractivity contribution in [1.82, 2.24) is 5.32 Å². The molecule has 4 nitrogen and oxygen atoms in total. The number of nitriles is 1. The van der Waals surface area contributed by atoms with Gasteiger partial charge in [0, 0.05) is 0 Å². The Hall–Kier alpha value is -1.41. The van der Waals surface area contributed by atoms with E-state index in [-0.39, 0.29) is 12.3 Å². The maximum Gasteiger partial charge on any atom is 0.234 e. The Bertz CT molecular complexity index is 281. The van der Waals surface area contributed by atoms with Crippen molar-refractivity contribution < 1.29 is 9.53 Å². The first-order chi connectivity index (χ1) is 6.57. The van der Waals surface area contributed by atoms with Crippen molar-refractivity contribution in [2.24, 2.45) is 0 Å². The number of hydrogen-bond acceptors (Lipinski definition) is 4. The molecule has 0 aliphatic heterocycles. The highest BCUT2D eigenvalue weighted by Crippen LogP contribution is 1.94. The second-order valence-electron chi connectivity index (χ2n) is 2.60. The zero-order valence-corrected chi connectivity index (χ0v) is 8.82. The number of nitrogens with zero attached hydrogens (tertiary/aromatic N) is 1. The Morgan fingerprint density at radius 1 is 1.71 bits per heavy atom. The number of ether oxygens (including phenoxy) is 1. The van der Waals surface area contributed by atoms with Crippen molar-refractivity contribution in [3.63, 3.8) is 0 Å². The molecular weight excluding hydrogens is 200 g/mol. The summed E-state index contributed by atoms with van der Waals surface area (Å²) < 4.78 is 5.07. The molecule has 76 valence electrons. The van der Waals surface area contributed by atoms with Crippen molar-refractivity contribution in [2.75, 3.05) is 13.2 Å². The zero-order chi connectivity index (χ0) is 11.0. The third kappa shape index (κ3) is 6.14. The summed E-state index contributed by atoms with van der Waals surface area (Å²) in [7, 11) is 0. The summed E-state index contributed by atoms with van der Waals surface area (Å²) in [6.45, 7) is 5.98. The molecule has 0 rings (SSSR count). The minimum atomic E-state index is -0.308. The van der Waals surface area contributed by atoms with Gasteiger partial charge in [-0.2, -0.15) is 5.26 Å². The zero-order valence-electron chi connectivity index (χ0n) is 8.00. The minimum Gasteiger partial charge on any atom is -0.481 e. The summed E-state index contributed by atoms with van der Waals surface area (Å²) in [5.74, 6) is -0.308. The van der Waals surface area contributed by atoms with Crippen LogP contribution in [0.1, 0.15) is 13.3 Å². The lowest BCUT2D eigenvalue weighted by Crippen LogP contribution is -2.27. The van der Waals surface area contributed by atoms with E-state index in [1.54, 1.807) is 13.0 Å². The van der Waals surface area contributed by atoms with Gasteiger partial charge in [-0.15, -0.1) is 0 Å². The fraction of sp³-hybridized carbons (Fsp3) is 0.444. The first-order valence-electron chi connectivity index (χ1n) is 4.04. The standard InChI is InChI=1S/C9H12N2O2S/c1-7(2)9(14)13-6-5-11-8(12)3-4-10/h1,3,5-6H2,2H3,(H,11,12). The number of carbonyl (C=O) groups is 1. The number of thiocarbonyl (C=S) groups is 1. The summed E-state index contributed by atoms with van der Waals surface area (Å²) in [4.78, 5) is 10.8. The van der Waals surface area contributed by atoms with Crippen LogP contribution in [0, 0.1) is 11.3 Å². The van der Waals surface area contributed by atoms with Crippen molar-refractivity contribution in [1.29, 1.82) is 5.26 Å². The number of rotatable bonds is 5. The van der Waals surface area contributed by atoms with Gasteiger partial charge in [-0.1, -0.05) is 6.58 Å². The largest absolute Gasteiger partial charge is 0.481 e. The molecule has 1 amide bonds. The summed E-state index contributed by atoms with van der Waals surface area (Å²) in [5.41, 5.74) is 0.684. The number of hydrogen-bond donors (Lipinski definition) is 1. The molecule has 0 aliphatic rings. The fourth-order valence-electron chi connectivity index (χ4n) is 0.592. The smallest absolute Gasteiger partial charge is 0.234 e. The van der Waals surface area contributed by atoms with Crippen LogP contribution in [-0.2, 0) is 9.53 Å². The Morgan fingerprint density at radius 2 is 2.36 bits per heavy atom. The second kappa shape index (κ2) is 7.04. The molecule has 0 aromatic rings. The van der Waals surface area contributed by atoms with Crippen LogP contribution in [-0.4, -0.2) is 24.1 Å². The Labute approximate surface area is 88.5 Å². The van der Waals surface area contributed by atoms with E-state index in [1.807, 2.05) is 0 Å². The molecule has 0 unspecified atom stereocenters. The van der Waals surface area contributed by atoms with E-state index in [1.165, 1.54) is 0 Å². The van der Waals surface area contributed by atoms with Crippen LogP contribution in [0.15, 0.2) is 12.2 Å². The van der Waals surface area contributed by atoms with Crippen molar-refractivity contribution in [3.8, 4) is 6.07 Å². The molecule has 0 aromatic heterocycles. The van der Waals surface area contributed by atoms with Crippen LogP contribution in [0.25, 0.3) is 0 Å². The second-order valence-corrected chi connectivity index (χ2v) is 2.97. The molecule has 0 fully saturated rings. The van der Waals surface area contributed by atoms with Gasteiger partial charge >= 0.3 is 0 Å². The summed E-state index contributed by atoms with van der Waals surface area (Å²) >= 11 is 4.82. The molecule has 0 saturated heterocycles. The van der Waals surface area contributed by atoms with Crippen LogP contribution < -0.4 is 5.32 Å². The molecule has 0 heterocycles. The highest BCUT2D eigenvalue weighted by molar-refractivity contribution is 7.80. The predicted octanol–water partition coefficient (Wildman–Crippen LogP) is 0.936. The number of amides is 1. The van der Waals surface area contributed by atoms with E-state index in [0.29, 0.717) is 23.8 Å². The van der Waals surface area contributed by atoms with Crippen molar-refractivity contribution >= 4 is 23.2 Å². The highest BCUT2D eigenvalue weighted by Gasteiger charge is 2.00. The highest BCUT2D eigenvalue weighted by atomic mass is 32.1. The van der Waals surface area contributed by atoms with E-state index in [9.17, 15) is 4.79 Å². The molecule has 0 saturated carbocycles. The molecule has 0 atom stereocenters. The van der Waals surface area contributed by atoms with Gasteiger partial charge < -0.3 is 10.1 Å². The predicted molar refractivity (Wildman–Crippen MR) is 56.6 cm³/mol. The molecular formula is C9H12N2O2S. The molecule has 14 heavy (non-hydrogen) atoms. The normalized spacial score (nSPS) is 8.57. The van der Waals surface area contributed by atoms with Gasteiger partial charge in [0.15, 0.2) is 5.05 Å². The first-order valence-corrected chi connectivity index (χ1v) is 4.45. The summed E-state index contributed by atoms with van der Waals surface area (Å²) in [6, 6.07) is 1.74. The lowest BCUT2D eigenvalue weighted by Gasteiger charge is -2.06. The Balaban J connectivity index is 3.48. The molecule has 1 N–H and O–H groups in total. The van der Waals surface area contributed by atoms with Crippen molar-refractivity contribution in [3.05, 3.63) is 12.2 Å². The third-order valence-electron chi connectivity index (χ3n) is 1.25. The average molecular weight is 212 g/mol. The molecule has 5 heteroatoms.